The van der Waals surface area contributed by atoms with Gasteiger partial charge < -0.3 is 14.6 Å². The van der Waals surface area contributed by atoms with E-state index in [4.69, 9.17) is 9.47 Å². The van der Waals surface area contributed by atoms with E-state index < -0.39 is 11.9 Å². The highest BCUT2D eigenvalue weighted by Gasteiger charge is 2.25. The number of aryl methyl sites for hydroxylation is 1. The van der Waals surface area contributed by atoms with Gasteiger partial charge in [0.1, 0.15) is 11.9 Å². The summed E-state index contributed by atoms with van der Waals surface area (Å²) in [6.07, 6.45) is 4.04. The van der Waals surface area contributed by atoms with E-state index in [0.717, 1.165) is 47.4 Å². The van der Waals surface area contributed by atoms with Gasteiger partial charge in [0.05, 0.1) is 13.0 Å². The number of nitrogens with zero attached hydrogens (tertiary/aromatic N) is 2. The molecule has 0 fully saturated rings. The van der Waals surface area contributed by atoms with E-state index in [9.17, 15) is 9.90 Å². The molecule has 6 heteroatoms. The zero-order valence-corrected chi connectivity index (χ0v) is 22.7. The van der Waals surface area contributed by atoms with Crippen molar-refractivity contribution in [2.75, 3.05) is 14.2 Å². The third-order valence-electron chi connectivity index (χ3n) is 7.35. The van der Waals surface area contributed by atoms with E-state index >= 15 is 0 Å². The summed E-state index contributed by atoms with van der Waals surface area (Å²) in [5.74, 6) is 0.245. The summed E-state index contributed by atoms with van der Waals surface area (Å²) in [5.41, 5.74) is 6.79. The Bertz CT molecular complexity index is 1260. The first kappa shape index (κ1) is 26.7. The third kappa shape index (κ3) is 6.31. The minimum absolute atomic E-state index is 0.0208. The molecule has 1 aliphatic heterocycles. The quantitative estimate of drug-likeness (QED) is 0.389. The zero-order valence-electron chi connectivity index (χ0n) is 22.7. The average Bonchev–Trinajstić information content (AvgIpc) is 2.87. The second-order valence-corrected chi connectivity index (χ2v) is 11.1. The van der Waals surface area contributed by atoms with E-state index in [1.54, 1.807) is 20.2 Å². The smallest absolute Gasteiger partial charge is 0.306 e. The van der Waals surface area contributed by atoms with E-state index in [1.807, 2.05) is 24.3 Å². The van der Waals surface area contributed by atoms with Crippen molar-refractivity contribution in [1.82, 2.24) is 9.88 Å². The lowest BCUT2D eigenvalue weighted by atomic mass is 9.91. The number of hydrogen-bond donors (Lipinski definition) is 1. The Hall–Kier alpha value is -3.38. The van der Waals surface area contributed by atoms with Crippen LogP contribution in [0.25, 0.3) is 11.1 Å². The maximum atomic E-state index is 11.3. The summed E-state index contributed by atoms with van der Waals surface area (Å²) in [4.78, 5) is 17.9. The topological polar surface area (TPSA) is 71.9 Å². The fourth-order valence-corrected chi connectivity index (χ4v) is 4.62. The Morgan fingerprint density at radius 1 is 1.19 bits per heavy atom. The molecule has 0 aliphatic carbocycles. The summed E-state index contributed by atoms with van der Waals surface area (Å²) < 4.78 is 11.9. The van der Waals surface area contributed by atoms with Crippen molar-refractivity contribution in [2.24, 2.45) is 5.92 Å². The molecule has 0 saturated heterocycles. The van der Waals surface area contributed by atoms with Gasteiger partial charge in [0.25, 0.3) is 0 Å². The Morgan fingerprint density at radius 2 is 1.97 bits per heavy atom. The summed E-state index contributed by atoms with van der Waals surface area (Å²) in [6, 6.07) is 16.7. The summed E-state index contributed by atoms with van der Waals surface area (Å²) in [6.45, 7) is 9.18. The van der Waals surface area contributed by atoms with Crippen molar-refractivity contribution >= 4 is 5.97 Å². The van der Waals surface area contributed by atoms with Gasteiger partial charge in [-0.1, -0.05) is 37.3 Å². The van der Waals surface area contributed by atoms with Crippen LogP contribution in [0.5, 0.6) is 11.6 Å². The first-order chi connectivity index (χ1) is 17.5. The molecule has 37 heavy (non-hydrogen) atoms. The average molecular weight is 503 g/mol. The number of carboxylic acid groups (broad SMARTS) is 1. The second kappa shape index (κ2) is 10.9. The molecule has 2 aromatic carbocycles. The summed E-state index contributed by atoms with van der Waals surface area (Å²) in [7, 11) is 3.78. The van der Waals surface area contributed by atoms with Gasteiger partial charge in [0.2, 0.25) is 5.88 Å². The molecule has 1 aromatic heterocycles. The normalized spacial score (nSPS) is 16.1. The number of rotatable bonds is 8. The first-order valence-electron chi connectivity index (χ1n) is 12.9. The molecule has 1 unspecified atom stereocenters. The number of pyridine rings is 1. The number of carbonyl (C=O) groups is 1. The van der Waals surface area contributed by atoms with Crippen molar-refractivity contribution < 1.29 is 19.4 Å². The molecule has 0 saturated carbocycles. The van der Waals surface area contributed by atoms with Gasteiger partial charge in [-0.25, -0.2) is 4.98 Å². The van der Waals surface area contributed by atoms with E-state index in [2.05, 4.69) is 62.0 Å². The Kier molecular flexibility index (Phi) is 7.88. The largest absolute Gasteiger partial charge is 0.485 e. The molecule has 6 nitrogen and oxygen atoms in total. The van der Waals surface area contributed by atoms with Crippen LogP contribution in [-0.4, -0.2) is 40.7 Å². The van der Waals surface area contributed by atoms with Crippen LogP contribution in [0.2, 0.25) is 0 Å². The number of ether oxygens (including phenoxy) is 2. The van der Waals surface area contributed by atoms with Gasteiger partial charge in [-0.3, -0.25) is 9.69 Å². The highest BCUT2D eigenvalue weighted by Crippen LogP contribution is 2.38. The van der Waals surface area contributed by atoms with Crippen molar-refractivity contribution in [1.29, 1.82) is 0 Å². The number of methoxy groups -OCH3 is 1. The SMILES string of the molecule is COc1cc(-c2ccc([C@@H]3CCc4ccc(CC(C)C(=O)O)cc4O3)cc2CN(C)C(C)(C)C)ccn1. The molecule has 2 heterocycles. The van der Waals surface area contributed by atoms with Crippen LogP contribution in [0.15, 0.2) is 54.7 Å². The number of fused-ring (bicyclic) bond motifs is 1. The lowest BCUT2D eigenvalue weighted by Gasteiger charge is -2.33. The first-order valence-corrected chi connectivity index (χ1v) is 12.9. The van der Waals surface area contributed by atoms with Crippen LogP contribution in [0, 0.1) is 5.92 Å². The maximum Gasteiger partial charge on any atom is 0.306 e. The molecule has 3 aromatic rings. The van der Waals surface area contributed by atoms with Gasteiger partial charge in [-0.15, -0.1) is 0 Å². The molecule has 4 rings (SSSR count). The number of carboxylic acids is 1. The summed E-state index contributed by atoms with van der Waals surface area (Å²) >= 11 is 0. The Labute approximate surface area is 220 Å². The standard InChI is InChI=1S/C31H38N2O4/c1-20(30(34)35)15-21-7-8-22-10-12-27(37-28(22)16-21)24-9-11-26(23-13-14-32-29(18-23)36-6)25(17-24)19-33(5)31(2,3)4/h7-9,11,13-14,16-18,20,27H,10,12,15,19H2,1-6H3,(H,34,35)/t20?,27-/m0/s1. The molecule has 0 bridgehead atoms. The minimum Gasteiger partial charge on any atom is -0.485 e. The molecule has 196 valence electrons. The molecule has 0 amide bonds. The van der Waals surface area contributed by atoms with E-state index in [-0.39, 0.29) is 11.6 Å². The molecule has 1 aliphatic rings. The van der Waals surface area contributed by atoms with Gasteiger partial charge in [0.15, 0.2) is 0 Å². The van der Waals surface area contributed by atoms with E-state index in [1.165, 1.54) is 11.1 Å². The number of aliphatic carboxylic acids is 1. The predicted molar refractivity (Wildman–Crippen MR) is 146 cm³/mol. The highest BCUT2D eigenvalue weighted by atomic mass is 16.5. The minimum atomic E-state index is -0.781. The molecule has 1 N–H and O–H groups in total. The maximum absolute atomic E-state index is 11.3. The fourth-order valence-electron chi connectivity index (χ4n) is 4.62. The van der Waals surface area contributed by atoms with Crippen molar-refractivity contribution in [3.05, 3.63) is 77.0 Å². The molecular formula is C31H38N2O4. The van der Waals surface area contributed by atoms with Gasteiger partial charge >= 0.3 is 5.97 Å². The van der Waals surface area contributed by atoms with E-state index in [0.29, 0.717) is 12.3 Å². The van der Waals surface area contributed by atoms with Gasteiger partial charge in [-0.05, 0) is 92.6 Å². The van der Waals surface area contributed by atoms with Gasteiger partial charge in [-0.2, -0.15) is 0 Å². The number of hydrogen-bond acceptors (Lipinski definition) is 5. The van der Waals surface area contributed by atoms with Crippen molar-refractivity contribution in [3.63, 3.8) is 0 Å². The zero-order chi connectivity index (χ0) is 26.7. The van der Waals surface area contributed by atoms with Crippen LogP contribution in [-0.2, 0) is 24.2 Å². The lowest BCUT2D eigenvalue weighted by molar-refractivity contribution is -0.141. The van der Waals surface area contributed by atoms with Gasteiger partial charge in [0, 0.05) is 24.3 Å². The Morgan fingerprint density at radius 3 is 2.68 bits per heavy atom. The van der Waals surface area contributed by atoms with Crippen molar-refractivity contribution in [3.8, 4) is 22.8 Å². The lowest BCUT2D eigenvalue weighted by Crippen LogP contribution is -2.37. The van der Waals surface area contributed by atoms with Crippen molar-refractivity contribution in [2.45, 2.75) is 65.1 Å². The van der Waals surface area contributed by atoms with Crippen LogP contribution in [0.3, 0.4) is 0 Å². The predicted octanol–water partition coefficient (Wildman–Crippen LogP) is 6.32. The highest BCUT2D eigenvalue weighted by molar-refractivity contribution is 5.70. The van der Waals surface area contributed by atoms with Crippen LogP contribution < -0.4 is 9.47 Å². The van der Waals surface area contributed by atoms with Crippen LogP contribution >= 0.6 is 0 Å². The second-order valence-electron chi connectivity index (χ2n) is 11.1. The van der Waals surface area contributed by atoms with Crippen LogP contribution in [0.1, 0.15) is 62.5 Å². The monoisotopic (exact) mass is 502 g/mol. The molecule has 2 atom stereocenters. The van der Waals surface area contributed by atoms with Crippen LogP contribution in [0.4, 0.5) is 0 Å². The third-order valence-corrected chi connectivity index (χ3v) is 7.35. The summed E-state index contributed by atoms with van der Waals surface area (Å²) in [5, 5.41) is 9.30. The molecular weight excluding hydrogens is 464 g/mol. The number of aromatic nitrogens is 1. The molecule has 0 spiro atoms. The molecule has 0 radical (unpaired) electrons. The fraction of sp³-hybridized carbons (Fsp3) is 0.419. The number of benzene rings is 2. The Balaban J connectivity index is 1.65.